The molecule has 0 bridgehead atoms. The lowest BCUT2D eigenvalue weighted by Crippen LogP contribution is -2.12. The van der Waals surface area contributed by atoms with Crippen LogP contribution in [0.15, 0.2) is 42.6 Å². The summed E-state index contributed by atoms with van der Waals surface area (Å²) in [5.74, 6) is 0.273. The number of carbonyl (C=O) groups is 1. The van der Waals surface area contributed by atoms with Crippen LogP contribution in [0.25, 0.3) is 0 Å². The predicted octanol–water partition coefficient (Wildman–Crippen LogP) is 2.04. The Bertz CT molecular complexity index is 671. The lowest BCUT2D eigenvalue weighted by atomic mass is 10.2. The molecule has 0 aliphatic carbocycles. The second-order valence-electron chi connectivity index (χ2n) is 4.69. The lowest BCUT2D eigenvalue weighted by molar-refractivity contribution is -0.384. The SMILES string of the molecule is O=C(Nc1ccc(NCCCO)nc1)c1ccc([N+](=O)[O-])cc1. The van der Waals surface area contributed by atoms with Gasteiger partial charge >= 0.3 is 0 Å². The second kappa shape index (κ2) is 7.85. The summed E-state index contributed by atoms with van der Waals surface area (Å²) in [6.07, 6.45) is 2.13. The summed E-state index contributed by atoms with van der Waals surface area (Å²) >= 11 is 0. The highest BCUT2D eigenvalue weighted by Gasteiger charge is 2.09. The number of aliphatic hydroxyl groups excluding tert-OH is 1. The number of pyridine rings is 1. The van der Waals surface area contributed by atoms with Crippen LogP contribution in [0.5, 0.6) is 0 Å². The van der Waals surface area contributed by atoms with E-state index < -0.39 is 4.92 Å². The van der Waals surface area contributed by atoms with Gasteiger partial charge in [-0.3, -0.25) is 14.9 Å². The van der Waals surface area contributed by atoms with Gasteiger partial charge in [-0.2, -0.15) is 0 Å². The van der Waals surface area contributed by atoms with Crippen LogP contribution in [0.4, 0.5) is 17.2 Å². The zero-order chi connectivity index (χ0) is 16.7. The Labute approximate surface area is 132 Å². The van der Waals surface area contributed by atoms with Crippen molar-refractivity contribution < 1.29 is 14.8 Å². The molecule has 2 aromatic rings. The number of aromatic nitrogens is 1. The molecule has 8 nitrogen and oxygen atoms in total. The van der Waals surface area contributed by atoms with Crippen molar-refractivity contribution in [2.45, 2.75) is 6.42 Å². The van der Waals surface area contributed by atoms with Crippen molar-refractivity contribution in [3.63, 3.8) is 0 Å². The van der Waals surface area contributed by atoms with E-state index in [1.165, 1.54) is 30.5 Å². The Kier molecular flexibility index (Phi) is 5.59. The van der Waals surface area contributed by atoms with E-state index in [1.807, 2.05) is 0 Å². The van der Waals surface area contributed by atoms with Gasteiger partial charge in [-0.1, -0.05) is 0 Å². The van der Waals surface area contributed by atoms with Crippen LogP contribution >= 0.6 is 0 Å². The molecule has 0 saturated heterocycles. The van der Waals surface area contributed by atoms with Crippen molar-refractivity contribution in [2.24, 2.45) is 0 Å². The van der Waals surface area contributed by atoms with Crippen molar-refractivity contribution in [1.29, 1.82) is 0 Å². The normalized spacial score (nSPS) is 10.1. The first-order valence-corrected chi connectivity index (χ1v) is 6.97. The molecule has 0 spiro atoms. The van der Waals surface area contributed by atoms with Gasteiger partial charge in [-0.25, -0.2) is 4.98 Å². The maximum absolute atomic E-state index is 12.0. The van der Waals surface area contributed by atoms with Gasteiger partial charge in [0.05, 0.1) is 16.8 Å². The number of hydrogen-bond donors (Lipinski definition) is 3. The van der Waals surface area contributed by atoms with E-state index in [-0.39, 0.29) is 18.2 Å². The van der Waals surface area contributed by atoms with Crippen LogP contribution in [-0.4, -0.2) is 34.1 Å². The highest BCUT2D eigenvalue weighted by molar-refractivity contribution is 6.04. The molecule has 0 aliphatic heterocycles. The minimum Gasteiger partial charge on any atom is -0.396 e. The van der Waals surface area contributed by atoms with Crippen molar-refractivity contribution in [3.8, 4) is 0 Å². The fourth-order valence-electron chi connectivity index (χ4n) is 1.81. The van der Waals surface area contributed by atoms with E-state index in [4.69, 9.17) is 5.11 Å². The largest absolute Gasteiger partial charge is 0.396 e. The van der Waals surface area contributed by atoms with Crippen molar-refractivity contribution >= 4 is 23.1 Å². The number of nitro benzene ring substituents is 1. The molecule has 0 fully saturated rings. The van der Waals surface area contributed by atoms with Crippen LogP contribution in [0, 0.1) is 10.1 Å². The minimum atomic E-state index is -0.520. The minimum absolute atomic E-state index is 0.0680. The Hall–Kier alpha value is -3.00. The summed E-state index contributed by atoms with van der Waals surface area (Å²) in [7, 11) is 0. The van der Waals surface area contributed by atoms with Crippen LogP contribution in [0.1, 0.15) is 16.8 Å². The van der Waals surface area contributed by atoms with Crippen LogP contribution in [0.2, 0.25) is 0 Å². The molecular formula is C15H16N4O4. The monoisotopic (exact) mass is 316 g/mol. The number of benzene rings is 1. The van der Waals surface area contributed by atoms with Gasteiger partial charge in [0.25, 0.3) is 11.6 Å². The highest BCUT2D eigenvalue weighted by atomic mass is 16.6. The quantitative estimate of drug-likeness (QED) is 0.409. The van der Waals surface area contributed by atoms with Gasteiger partial charge in [0.15, 0.2) is 0 Å². The van der Waals surface area contributed by atoms with Crippen LogP contribution < -0.4 is 10.6 Å². The molecule has 0 saturated carbocycles. The van der Waals surface area contributed by atoms with Gasteiger partial charge in [0.1, 0.15) is 5.82 Å². The molecule has 0 aliphatic rings. The molecular weight excluding hydrogens is 300 g/mol. The third-order valence-corrected chi connectivity index (χ3v) is 3.00. The number of non-ortho nitro benzene ring substituents is 1. The molecule has 1 aromatic carbocycles. The fourth-order valence-corrected chi connectivity index (χ4v) is 1.81. The van der Waals surface area contributed by atoms with Crippen LogP contribution in [0.3, 0.4) is 0 Å². The Morgan fingerprint density at radius 2 is 1.96 bits per heavy atom. The Balaban J connectivity index is 1.95. The number of hydrogen-bond acceptors (Lipinski definition) is 6. The number of carbonyl (C=O) groups excluding carboxylic acids is 1. The van der Waals surface area contributed by atoms with Crippen molar-refractivity contribution in [2.75, 3.05) is 23.8 Å². The number of aliphatic hydroxyl groups is 1. The molecule has 0 unspecified atom stereocenters. The number of nitrogens with one attached hydrogen (secondary N) is 2. The van der Waals surface area contributed by atoms with Crippen LogP contribution in [-0.2, 0) is 0 Å². The smallest absolute Gasteiger partial charge is 0.269 e. The maximum atomic E-state index is 12.0. The summed E-state index contributed by atoms with van der Waals surface area (Å²) in [5, 5.41) is 25.0. The Morgan fingerprint density at radius 3 is 2.52 bits per heavy atom. The number of nitrogens with zero attached hydrogens (tertiary/aromatic N) is 2. The molecule has 23 heavy (non-hydrogen) atoms. The van der Waals surface area contributed by atoms with E-state index >= 15 is 0 Å². The van der Waals surface area contributed by atoms with E-state index in [0.29, 0.717) is 30.0 Å². The van der Waals surface area contributed by atoms with Gasteiger partial charge in [0, 0.05) is 30.8 Å². The fraction of sp³-hybridized carbons (Fsp3) is 0.200. The zero-order valence-corrected chi connectivity index (χ0v) is 12.2. The maximum Gasteiger partial charge on any atom is 0.269 e. The summed E-state index contributed by atoms with van der Waals surface area (Å²) < 4.78 is 0. The molecule has 1 aromatic heterocycles. The molecule has 1 amide bonds. The van der Waals surface area contributed by atoms with E-state index in [0.717, 1.165) is 0 Å². The molecule has 8 heteroatoms. The van der Waals surface area contributed by atoms with Gasteiger partial charge in [-0.05, 0) is 30.7 Å². The number of nitro groups is 1. The third-order valence-electron chi connectivity index (χ3n) is 3.00. The van der Waals surface area contributed by atoms with Gasteiger partial charge in [0.2, 0.25) is 0 Å². The highest BCUT2D eigenvalue weighted by Crippen LogP contribution is 2.14. The molecule has 120 valence electrons. The number of anilines is 2. The average molecular weight is 316 g/mol. The Morgan fingerprint density at radius 1 is 1.22 bits per heavy atom. The number of amides is 1. The summed E-state index contributed by atoms with van der Waals surface area (Å²) in [6, 6.07) is 8.75. The van der Waals surface area contributed by atoms with E-state index in [9.17, 15) is 14.9 Å². The van der Waals surface area contributed by atoms with E-state index in [1.54, 1.807) is 12.1 Å². The van der Waals surface area contributed by atoms with Gasteiger partial charge < -0.3 is 15.7 Å². The predicted molar refractivity (Wildman–Crippen MR) is 85.5 cm³/mol. The first-order chi connectivity index (χ1) is 11.1. The third kappa shape index (κ3) is 4.75. The van der Waals surface area contributed by atoms with E-state index in [2.05, 4.69) is 15.6 Å². The second-order valence-corrected chi connectivity index (χ2v) is 4.69. The first kappa shape index (κ1) is 16.4. The molecule has 1 heterocycles. The summed E-state index contributed by atoms with van der Waals surface area (Å²) in [5.41, 5.74) is 0.767. The topological polar surface area (TPSA) is 117 Å². The summed E-state index contributed by atoms with van der Waals surface area (Å²) in [4.78, 5) is 26.2. The molecule has 3 N–H and O–H groups in total. The zero-order valence-electron chi connectivity index (χ0n) is 12.2. The summed E-state index contributed by atoms with van der Waals surface area (Å²) in [6.45, 7) is 0.717. The van der Waals surface area contributed by atoms with Gasteiger partial charge in [-0.15, -0.1) is 0 Å². The van der Waals surface area contributed by atoms with Crippen molar-refractivity contribution in [1.82, 2.24) is 4.98 Å². The number of rotatable bonds is 7. The average Bonchev–Trinajstić information content (AvgIpc) is 2.56. The first-order valence-electron chi connectivity index (χ1n) is 6.97. The molecule has 0 radical (unpaired) electrons. The van der Waals surface area contributed by atoms with Crippen molar-refractivity contribution in [3.05, 3.63) is 58.3 Å². The lowest BCUT2D eigenvalue weighted by Gasteiger charge is -2.07. The molecule has 2 rings (SSSR count). The standard InChI is InChI=1S/C15H16N4O4/c20-9-1-8-16-14-7-4-12(10-17-14)18-15(21)11-2-5-13(6-3-11)19(22)23/h2-7,10,20H,1,8-9H2,(H,16,17)(H,18,21). The molecule has 0 atom stereocenters.